The lowest BCUT2D eigenvalue weighted by molar-refractivity contribution is -0.122. The highest BCUT2D eigenvalue weighted by Crippen LogP contribution is 2.38. The van der Waals surface area contributed by atoms with Crippen LogP contribution < -0.4 is 19.7 Å². The Morgan fingerprint density at radius 1 is 0.946 bits per heavy atom. The molecule has 7 nitrogen and oxygen atoms in total. The first-order valence-electron chi connectivity index (χ1n) is 11.6. The molecule has 0 bridgehead atoms. The van der Waals surface area contributed by atoms with Gasteiger partial charge in [0.25, 0.3) is 11.8 Å². The number of hydrogen-bond acceptors (Lipinski definition) is 5. The van der Waals surface area contributed by atoms with Crippen LogP contribution in [0, 0.1) is 27.7 Å². The summed E-state index contributed by atoms with van der Waals surface area (Å²) in [6.07, 6.45) is 1.43. The molecule has 3 aromatic carbocycles. The molecule has 0 saturated carbocycles. The van der Waals surface area contributed by atoms with Gasteiger partial charge in [0, 0.05) is 0 Å². The molecule has 8 heteroatoms. The normalized spacial score (nSPS) is 14.7. The number of nitrogens with one attached hydrogen (secondary N) is 1. The van der Waals surface area contributed by atoms with E-state index in [9.17, 15) is 14.4 Å². The first-order chi connectivity index (χ1) is 17.6. The molecule has 0 aliphatic carbocycles. The smallest absolute Gasteiger partial charge is 0.335 e. The zero-order chi connectivity index (χ0) is 26.9. The van der Waals surface area contributed by atoms with Crippen LogP contribution in [0.3, 0.4) is 0 Å². The van der Waals surface area contributed by atoms with Crippen molar-refractivity contribution in [3.05, 3.63) is 92.0 Å². The predicted octanol–water partition coefficient (Wildman–Crippen LogP) is 5.94. The summed E-state index contributed by atoms with van der Waals surface area (Å²) in [6.45, 7) is 8.16. The number of ether oxygens (including phenoxy) is 2. The molecule has 4 rings (SSSR count). The maximum atomic E-state index is 13.3. The van der Waals surface area contributed by atoms with Gasteiger partial charge in [0.1, 0.15) is 12.2 Å². The number of hydrogen-bond donors (Lipinski definition) is 1. The molecule has 1 saturated heterocycles. The molecule has 0 unspecified atom stereocenters. The predicted molar refractivity (Wildman–Crippen MR) is 146 cm³/mol. The van der Waals surface area contributed by atoms with Crippen molar-refractivity contribution in [2.45, 2.75) is 34.3 Å². The highest BCUT2D eigenvalue weighted by molar-refractivity contribution is 9.10. The lowest BCUT2D eigenvalue weighted by Crippen LogP contribution is -2.54. The number of anilines is 1. The average molecular weight is 563 g/mol. The topological polar surface area (TPSA) is 84.9 Å². The van der Waals surface area contributed by atoms with Crippen molar-refractivity contribution in [2.75, 3.05) is 12.0 Å². The Labute approximate surface area is 224 Å². The van der Waals surface area contributed by atoms with Gasteiger partial charge in [-0.15, -0.1) is 0 Å². The molecule has 1 N–H and O–H groups in total. The Morgan fingerprint density at radius 3 is 2.41 bits per heavy atom. The summed E-state index contributed by atoms with van der Waals surface area (Å²) in [5, 5.41) is 2.27. The summed E-state index contributed by atoms with van der Waals surface area (Å²) in [5.74, 6) is -0.542. The van der Waals surface area contributed by atoms with E-state index in [4.69, 9.17) is 9.47 Å². The number of nitrogens with zero attached hydrogens (tertiary/aromatic N) is 1. The number of aryl methyl sites for hydroxylation is 3. The van der Waals surface area contributed by atoms with Crippen LogP contribution in [0.2, 0.25) is 0 Å². The Bertz CT molecular complexity index is 1460. The van der Waals surface area contributed by atoms with Crippen molar-refractivity contribution in [2.24, 2.45) is 0 Å². The van der Waals surface area contributed by atoms with Gasteiger partial charge in [-0.2, -0.15) is 0 Å². The summed E-state index contributed by atoms with van der Waals surface area (Å²) in [7, 11) is 1.51. The fraction of sp³-hybridized carbons (Fsp3) is 0.207. The summed E-state index contributed by atoms with van der Waals surface area (Å²) in [5.41, 5.74) is 5.88. The van der Waals surface area contributed by atoms with Gasteiger partial charge in [-0.3, -0.25) is 14.9 Å². The monoisotopic (exact) mass is 562 g/mol. The molecular weight excluding hydrogens is 536 g/mol. The number of urea groups is 1. The van der Waals surface area contributed by atoms with Crippen molar-refractivity contribution in [1.82, 2.24) is 5.32 Å². The van der Waals surface area contributed by atoms with E-state index in [1.54, 1.807) is 24.3 Å². The minimum absolute atomic E-state index is 0.168. The van der Waals surface area contributed by atoms with Gasteiger partial charge in [0.05, 0.1) is 17.3 Å². The Balaban J connectivity index is 1.65. The van der Waals surface area contributed by atoms with Crippen LogP contribution in [0.5, 0.6) is 11.5 Å². The number of methoxy groups -OCH3 is 1. The SMILES string of the molecule is COc1cc(/C=C2\C(=O)NC(=O)N(c3cccc(C)c3C)C2=O)cc(Br)c1OCc1ccc(C)c(C)c1. The van der Waals surface area contributed by atoms with E-state index in [1.165, 1.54) is 24.3 Å². The molecule has 0 radical (unpaired) electrons. The fourth-order valence-corrected chi connectivity index (χ4v) is 4.61. The number of barbiturate groups is 1. The lowest BCUT2D eigenvalue weighted by Gasteiger charge is -2.28. The first kappa shape index (κ1) is 26.2. The third-order valence-electron chi connectivity index (χ3n) is 6.44. The number of halogens is 1. The summed E-state index contributed by atoms with van der Waals surface area (Å²) in [4.78, 5) is 39.6. The van der Waals surface area contributed by atoms with Crippen LogP contribution in [0.1, 0.15) is 33.4 Å². The molecule has 1 aliphatic heterocycles. The van der Waals surface area contributed by atoms with Gasteiger partial charge in [-0.25, -0.2) is 9.69 Å². The highest BCUT2D eigenvalue weighted by Gasteiger charge is 2.37. The largest absolute Gasteiger partial charge is 0.493 e. The molecule has 0 spiro atoms. The third kappa shape index (κ3) is 5.29. The maximum absolute atomic E-state index is 13.3. The van der Waals surface area contributed by atoms with Crippen LogP contribution in [0.25, 0.3) is 6.08 Å². The Morgan fingerprint density at radius 2 is 1.70 bits per heavy atom. The number of imide groups is 2. The molecular formula is C29H27BrN2O5. The maximum Gasteiger partial charge on any atom is 0.335 e. The molecule has 0 aromatic heterocycles. The average Bonchev–Trinajstić information content (AvgIpc) is 2.85. The Hall–Kier alpha value is -3.91. The summed E-state index contributed by atoms with van der Waals surface area (Å²) >= 11 is 3.52. The summed E-state index contributed by atoms with van der Waals surface area (Å²) in [6, 6.07) is 14.1. The number of benzene rings is 3. The quantitative estimate of drug-likeness (QED) is 0.297. The van der Waals surface area contributed by atoms with Crippen molar-refractivity contribution in [3.63, 3.8) is 0 Å². The van der Waals surface area contributed by atoms with Crippen LogP contribution >= 0.6 is 15.9 Å². The van der Waals surface area contributed by atoms with Crippen molar-refractivity contribution in [3.8, 4) is 11.5 Å². The van der Waals surface area contributed by atoms with Gasteiger partial charge < -0.3 is 9.47 Å². The molecule has 1 heterocycles. The van der Waals surface area contributed by atoms with E-state index >= 15 is 0 Å². The molecule has 37 heavy (non-hydrogen) atoms. The Kier molecular flexibility index (Phi) is 7.50. The molecule has 1 fully saturated rings. The fourth-order valence-electron chi connectivity index (χ4n) is 4.03. The number of amides is 4. The van der Waals surface area contributed by atoms with Crippen LogP contribution in [-0.4, -0.2) is 25.0 Å². The zero-order valence-corrected chi connectivity index (χ0v) is 22.9. The zero-order valence-electron chi connectivity index (χ0n) is 21.3. The van der Waals surface area contributed by atoms with Gasteiger partial charge in [0.15, 0.2) is 11.5 Å². The lowest BCUT2D eigenvalue weighted by atomic mass is 10.0. The molecule has 1 aliphatic rings. The summed E-state index contributed by atoms with van der Waals surface area (Å²) < 4.78 is 12.2. The van der Waals surface area contributed by atoms with Gasteiger partial charge in [-0.1, -0.05) is 30.3 Å². The molecule has 4 amide bonds. The second kappa shape index (κ2) is 10.6. The van der Waals surface area contributed by atoms with E-state index in [0.717, 1.165) is 21.6 Å². The minimum Gasteiger partial charge on any atom is -0.493 e. The second-order valence-corrected chi connectivity index (χ2v) is 9.77. The van der Waals surface area contributed by atoms with E-state index in [1.807, 2.05) is 32.0 Å². The van der Waals surface area contributed by atoms with Gasteiger partial charge in [-0.05, 0) is 101 Å². The van der Waals surface area contributed by atoms with E-state index in [0.29, 0.717) is 33.8 Å². The van der Waals surface area contributed by atoms with Crippen LogP contribution in [0.15, 0.2) is 58.6 Å². The standard InChI is InChI=1S/C29H27BrN2O5/c1-16-9-10-20(11-18(16)3)15-37-26-23(30)13-21(14-25(26)36-5)12-22-27(33)31-29(35)32(28(22)34)24-8-6-7-17(2)19(24)4/h6-14H,15H2,1-5H3,(H,31,33,35)/b22-12+. The van der Waals surface area contributed by atoms with Gasteiger partial charge >= 0.3 is 6.03 Å². The van der Waals surface area contributed by atoms with Crippen molar-refractivity contribution >= 4 is 45.5 Å². The molecule has 3 aromatic rings. The molecule has 190 valence electrons. The number of carbonyl (C=O) groups is 3. The molecule has 0 atom stereocenters. The van der Waals surface area contributed by atoms with Crippen molar-refractivity contribution in [1.29, 1.82) is 0 Å². The van der Waals surface area contributed by atoms with Crippen LogP contribution in [0.4, 0.5) is 10.5 Å². The van der Waals surface area contributed by atoms with E-state index in [-0.39, 0.29) is 5.57 Å². The third-order valence-corrected chi connectivity index (χ3v) is 7.02. The first-order valence-corrected chi connectivity index (χ1v) is 12.4. The van der Waals surface area contributed by atoms with Crippen molar-refractivity contribution < 1.29 is 23.9 Å². The van der Waals surface area contributed by atoms with Gasteiger partial charge in [0.2, 0.25) is 0 Å². The minimum atomic E-state index is -0.783. The van der Waals surface area contributed by atoms with Crippen LogP contribution in [-0.2, 0) is 16.2 Å². The van der Waals surface area contributed by atoms with E-state index in [2.05, 4.69) is 41.2 Å². The van der Waals surface area contributed by atoms with E-state index < -0.39 is 17.8 Å². The number of rotatable bonds is 6. The number of carbonyl (C=O) groups excluding carboxylic acids is 3. The second-order valence-electron chi connectivity index (χ2n) is 8.92. The highest BCUT2D eigenvalue weighted by atomic mass is 79.9.